The Bertz CT molecular complexity index is 710. The van der Waals surface area contributed by atoms with Gasteiger partial charge in [-0.3, -0.25) is 9.59 Å². The van der Waals surface area contributed by atoms with Crippen LogP contribution in [0.5, 0.6) is 0 Å². The molecule has 0 atom stereocenters. The van der Waals surface area contributed by atoms with Crippen molar-refractivity contribution in [2.45, 2.75) is 13.3 Å². The van der Waals surface area contributed by atoms with Crippen LogP contribution in [0.25, 0.3) is 0 Å². The highest BCUT2D eigenvalue weighted by Gasteiger charge is 2.26. The van der Waals surface area contributed by atoms with Gasteiger partial charge in [0, 0.05) is 43.9 Å². The van der Waals surface area contributed by atoms with E-state index in [1.807, 2.05) is 7.05 Å². The number of carbonyl (C=O) groups excluding carboxylic acids is 2. The second-order valence-corrected chi connectivity index (χ2v) is 8.04. The molecule has 1 amide bonds. The molecule has 0 bridgehead atoms. The van der Waals surface area contributed by atoms with Crippen LogP contribution in [0.15, 0.2) is 24.3 Å². The van der Waals surface area contributed by atoms with Crippen LogP contribution in [0.3, 0.4) is 0 Å². The molecule has 2 rings (SSSR count). The van der Waals surface area contributed by atoms with Gasteiger partial charge in [-0.05, 0) is 26.1 Å². The fraction of sp³-hybridized carbons (Fsp3) is 0.500. The van der Waals surface area contributed by atoms with Crippen molar-refractivity contribution in [2.75, 3.05) is 44.3 Å². The van der Waals surface area contributed by atoms with Crippen LogP contribution in [0.4, 0.5) is 5.69 Å². The number of hydrogen-bond donors (Lipinski definition) is 1. The molecule has 1 saturated heterocycles. The molecular formula is C16H23N3O4S. The monoisotopic (exact) mass is 353 g/mol. The number of hydrogen-bond acceptors (Lipinski definition) is 5. The molecular weight excluding hydrogens is 330 g/mol. The van der Waals surface area contributed by atoms with Gasteiger partial charge in [0.15, 0.2) is 5.78 Å². The van der Waals surface area contributed by atoms with E-state index >= 15 is 0 Å². The van der Waals surface area contributed by atoms with Gasteiger partial charge in [-0.1, -0.05) is 12.1 Å². The largest absolute Gasteiger partial charge is 0.326 e. The van der Waals surface area contributed by atoms with E-state index < -0.39 is 10.0 Å². The lowest BCUT2D eigenvalue weighted by atomic mass is 10.1. The standard InChI is InChI=1S/C16H23N3O4S/c1-13(20)14-4-3-5-15(12-14)17-16(21)6-11-24(22,23)19-9-7-18(2)8-10-19/h3-5,12H,6-11H2,1-2H3,(H,17,21). The van der Waals surface area contributed by atoms with E-state index in [1.165, 1.54) is 11.2 Å². The third kappa shape index (κ3) is 5.12. The van der Waals surface area contributed by atoms with E-state index in [0.29, 0.717) is 37.4 Å². The topological polar surface area (TPSA) is 86.8 Å². The summed E-state index contributed by atoms with van der Waals surface area (Å²) in [4.78, 5) is 25.4. The molecule has 0 aromatic heterocycles. The SMILES string of the molecule is CC(=O)c1cccc(NC(=O)CCS(=O)(=O)N2CCN(C)CC2)c1. The minimum atomic E-state index is -3.42. The first-order chi connectivity index (χ1) is 11.3. The molecule has 24 heavy (non-hydrogen) atoms. The summed E-state index contributed by atoms with van der Waals surface area (Å²) < 4.78 is 26.0. The molecule has 1 aromatic carbocycles. The highest BCUT2D eigenvalue weighted by Crippen LogP contribution is 2.13. The lowest BCUT2D eigenvalue weighted by Gasteiger charge is -2.31. The molecule has 0 saturated carbocycles. The van der Waals surface area contributed by atoms with Gasteiger partial charge in [-0.25, -0.2) is 8.42 Å². The molecule has 1 aromatic rings. The smallest absolute Gasteiger partial charge is 0.225 e. The minimum Gasteiger partial charge on any atom is -0.326 e. The summed E-state index contributed by atoms with van der Waals surface area (Å²) in [5, 5.41) is 2.64. The van der Waals surface area contributed by atoms with E-state index in [4.69, 9.17) is 0 Å². The average Bonchev–Trinajstić information content (AvgIpc) is 2.54. The zero-order chi connectivity index (χ0) is 17.7. The summed E-state index contributed by atoms with van der Waals surface area (Å²) in [5.74, 6) is -0.688. The zero-order valence-electron chi connectivity index (χ0n) is 14.0. The number of amides is 1. The van der Waals surface area contributed by atoms with Crippen LogP contribution < -0.4 is 5.32 Å². The van der Waals surface area contributed by atoms with Crippen molar-refractivity contribution < 1.29 is 18.0 Å². The number of rotatable bonds is 6. The van der Waals surface area contributed by atoms with E-state index in [9.17, 15) is 18.0 Å². The first kappa shape index (κ1) is 18.6. The van der Waals surface area contributed by atoms with Gasteiger partial charge in [0.25, 0.3) is 0 Å². The molecule has 0 spiro atoms. The highest BCUT2D eigenvalue weighted by atomic mass is 32.2. The van der Waals surface area contributed by atoms with Crippen LogP contribution in [0.2, 0.25) is 0 Å². The Morgan fingerprint density at radius 2 is 1.83 bits per heavy atom. The summed E-state index contributed by atoms with van der Waals surface area (Å²) in [5.41, 5.74) is 0.988. The van der Waals surface area contributed by atoms with E-state index in [2.05, 4.69) is 10.2 Å². The Morgan fingerprint density at radius 3 is 2.46 bits per heavy atom. The number of Topliss-reactive ketones (excluding diaryl/α,β-unsaturated/α-hetero) is 1. The molecule has 0 aliphatic carbocycles. The van der Waals surface area contributed by atoms with E-state index in [0.717, 1.165) is 0 Å². The van der Waals surface area contributed by atoms with Crippen molar-refractivity contribution in [2.24, 2.45) is 0 Å². The van der Waals surface area contributed by atoms with Gasteiger partial charge in [0.2, 0.25) is 15.9 Å². The van der Waals surface area contributed by atoms with Crippen molar-refractivity contribution in [1.82, 2.24) is 9.21 Å². The van der Waals surface area contributed by atoms with Gasteiger partial charge in [-0.2, -0.15) is 4.31 Å². The third-order valence-corrected chi connectivity index (χ3v) is 5.87. The average molecular weight is 353 g/mol. The number of likely N-dealkylation sites (N-methyl/N-ethyl adjacent to an activating group) is 1. The van der Waals surface area contributed by atoms with Crippen LogP contribution >= 0.6 is 0 Å². The zero-order valence-corrected chi connectivity index (χ0v) is 14.8. The summed E-state index contributed by atoms with van der Waals surface area (Å²) >= 11 is 0. The fourth-order valence-corrected chi connectivity index (χ4v) is 3.88. The van der Waals surface area contributed by atoms with Gasteiger partial charge in [0.1, 0.15) is 0 Å². The number of piperazine rings is 1. The second kappa shape index (κ2) is 7.87. The number of nitrogens with one attached hydrogen (secondary N) is 1. The maximum Gasteiger partial charge on any atom is 0.225 e. The van der Waals surface area contributed by atoms with Gasteiger partial charge in [-0.15, -0.1) is 0 Å². The van der Waals surface area contributed by atoms with Crippen molar-refractivity contribution in [3.8, 4) is 0 Å². The molecule has 7 nitrogen and oxygen atoms in total. The summed E-state index contributed by atoms with van der Waals surface area (Å²) in [6, 6.07) is 6.58. The number of benzene rings is 1. The molecule has 0 unspecified atom stereocenters. The molecule has 0 radical (unpaired) electrons. The first-order valence-electron chi connectivity index (χ1n) is 7.85. The molecule has 8 heteroatoms. The summed E-state index contributed by atoms with van der Waals surface area (Å²) in [7, 11) is -1.47. The first-order valence-corrected chi connectivity index (χ1v) is 9.46. The van der Waals surface area contributed by atoms with Crippen molar-refractivity contribution in [1.29, 1.82) is 0 Å². The van der Waals surface area contributed by atoms with Crippen LogP contribution in [-0.2, 0) is 14.8 Å². The van der Waals surface area contributed by atoms with E-state index in [-0.39, 0.29) is 23.9 Å². The molecule has 1 heterocycles. The fourth-order valence-electron chi connectivity index (χ4n) is 2.46. The number of anilines is 1. The molecule has 1 aliphatic heterocycles. The van der Waals surface area contributed by atoms with Gasteiger partial charge < -0.3 is 10.2 Å². The Hall–Kier alpha value is -1.77. The Labute approximate surface area is 142 Å². The predicted octanol–water partition coefficient (Wildman–Crippen LogP) is 0.795. The molecule has 132 valence electrons. The maximum atomic E-state index is 12.3. The van der Waals surface area contributed by atoms with E-state index in [1.54, 1.807) is 24.3 Å². The number of carbonyl (C=O) groups is 2. The predicted molar refractivity (Wildman–Crippen MR) is 92.6 cm³/mol. The summed E-state index contributed by atoms with van der Waals surface area (Å²) in [6.45, 7) is 3.76. The number of ketones is 1. The number of nitrogens with zero attached hydrogens (tertiary/aromatic N) is 2. The minimum absolute atomic E-state index is 0.0938. The van der Waals surface area contributed by atoms with Crippen LogP contribution in [-0.4, -0.2) is 68.3 Å². The normalized spacial score (nSPS) is 16.8. The molecule has 1 fully saturated rings. The Balaban J connectivity index is 1.88. The molecule has 1 aliphatic rings. The van der Waals surface area contributed by atoms with Crippen molar-refractivity contribution in [3.05, 3.63) is 29.8 Å². The number of sulfonamides is 1. The highest BCUT2D eigenvalue weighted by molar-refractivity contribution is 7.89. The molecule has 1 N–H and O–H groups in total. The van der Waals surface area contributed by atoms with Crippen molar-refractivity contribution in [3.63, 3.8) is 0 Å². The Morgan fingerprint density at radius 1 is 1.17 bits per heavy atom. The lowest BCUT2D eigenvalue weighted by molar-refractivity contribution is -0.115. The maximum absolute atomic E-state index is 12.3. The quantitative estimate of drug-likeness (QED) is 0.764. The lowest BCUT2D eigenvalue weighted by Crippen LogP contribution is -2.47. The second-order valence-electron chi connectivity index (χ2n) is 5.95. The third-order valence-electron chi connectivity index (χ3n) is 4.00. The Kier molecular flexibility index (Phi) is 6.09. The van der Waals surface area contributed by atoms with Gasteiger partial charge in [0.05, 0.1) is 5.75 Å². The summed E-state index contributed by atoms with van der Waals surface area (Å²) in [6.07, 6.45) is -0.112. The van der Waals surface area contributed by atoms with Gasteiger partial charge >= 0.3 is 0 Å². The van der Waals surface area contributed by atoms with Crippen LogP contribution in [0, 0.1) is 0 Å². The van der Waals surface area contributed by atoms with Crippen LogP contribution in [0.1, 0.15) is 23.7 Å². The van der Waals surface area contributed by atoms with Crippen molar-refractivity contribution >= 4 is 27.4 Å².